The topological polar surface area (TPSA) is 71.4 Å². The largest absolute Gasteiger partial charge is 0.383 e. The molecule has 3 aromatic rings. The molecule has 0 aliphatic carbocycles. The van der Waals surface area contributed by atoms with Crippen LogP contribution < -0.4 is 10.6 Å². The molecule has 160 valence electrons. The van der Waals surface area contributed by atoms with Crippen molar-refractivity contribution in [2.75, 3.05) is 38.7 Å². The first-order valence-corrected chi connectivity index (χ1v) is 11.3. The summed E-state index contributed by atoms with van der Waals surface area (Å²) in [5, 5.41) is 8.61. The van der Waals surface area contributed by atoms with Gasteiger partial charge < -0.3 is 19.9 Å². The van der Waals surface area contributed by atoms with Gasteiger partial charge in [-0.1, -0.05) is 6.07 Å². The molecule has 1 amide bonds. The van der Waals surface area contributed by atoms with Crippen LogP contribution in [0.2, 0.25) is 0 Å². The minimum Gasteiger partial charge on any atom is -0.383 e. The number of nitrogens with zero attached hydrogens (tertiary/aromatic N) is 3. The van der Waals surface area contributed by atoms with Gasteiger partial charge in [-0.3, -0.25) is 9.69 Å². The third-order valence-electron chi connectivity index (χ3n) is 5.53. The van der Waals surface area contributed by atoms with Crippen LogP contribution in [0.3, 0.4) is 0 Å². The highest BCUT2D eigenvalue weighted by atomic mass is 32.1. The lowest BCUT2D eigenvalue weighted by Gasteiger charge is -2.32. The fraction of sp³-hybridized carbons (Fsp3) is 0.455. The minimum absolute atomic E-state index is 0.0283. The van der Waals surface area contributed by atoms with Crippen molar-refractivity contribution in [3.8, 4) is 0 Å². The van der Waals surface area contributed by atoms with E-state index in [1.54, 1.807) is 18.4 Å². The SMILES string of the molecule is COCCNc1nc2cc(C(=O)N[C@H]3CCCN(Cc4cccs4)C3)ccc2n1C. The van der Waals surface area contributed by atoms with E-state index in [-0.39, 0.29) is 11.9 Å². The molecule has 0 bridgehead atoms. The van der Waals surface area contributed by atoms with E-state index < -0.39 is 0 Å². The zero-order valence-corrected chi connectivity index (χ0v) is 18.4. The number of nitrogens with one attached hydrogen (secondary N) is 2. The van der Waals surface area contributed by atoms with Gasteiger partial charge in [0.25, 0.3) is 5.91 Å². The average Bonchev–Trinajstić information content (AvgIpc) is 3.36. The lowest BCUT2D eigenvalue weighted by Crippen LogP contribution is -2.47. The number of hydrogen-bond donors (Lipinski definition) is 2. The number of methoxy groups -OCH3 is 1. The molecule has 1 atom stereocenters. The lowest BCUT2D eigenvalue weighted by atomic mass is 10.0. The summed E-state index contributed by atoms with van der Waals surface area (Å²) in [5.74, 6) is 0.746. The van der Waals surface area contributed by atoms with Gasteiger partial charge in [0.05, 0.1) is 17.6 Å². The molecule has 3 heterocycles. The Labute approximate surface area is 181 Å². The molecule has 4 rings (SSSR count). The van der Waals surface area contributed by atoms with Crippen molar-refractivity contribution in [2.45, 2.75) is 25.4 Å². The molecule has 1 aliphatic heterocycles. The van der Waals surface area contributed by atoms with Gasteiger partial charge in [-0.2, -0.15) is 0 Å². The number of fused-ring (bicyclic) bond motifs is 1. The third-order valence-corrected chi connectivity index (χ3v) is 6.39. The summed E-state index contributed by atoms with van der Waals surface area (Å²) < 4.78 is 7.08. The Morgan fingerprint density at radius 3 is 3.07 bits per heavy atom. The average molecular weight is 428 g/mol. The summed E-state index contributed by atoms with van der Waals surface area (Å²) in [6, 6.07) is 10.2. The summed E-state index contributed by atoms with van der Waals surface area (Å²) in [6.07, 6.45) is 2.12. The Morgan fingerprint density at radius 2 is 2.27 bits per heavy atom. The van der Waals surface area contributed by atoms with Gasteiger partial charge in [-0.05, 0) is 49.0 Å². The van der Waals surface area contributed by atoms with E-state index >= 15 is 0 Å². The van der Waals surface area contributed by atoms with E-state index in [1.807, 2.05) is 29.8 Å². The molecule has 8 heteroatoms. The second kappa shape index (κ2) is 9.59. The van der Waals surface area contributed by atoms with Gasteiger partial charge in [0, 0.05) is 50.3 Å². The number of amides is 1. The van der Waals surface area contributed by atoms with Crippen LogP contribution in [-0.4, -0.2) is 59.8 Å². The van der Waals surface area contributed by atoms with Crippen LogP contribution in [0.25, 0.3) is 11.0 Å². The molecular formula is C22H29N5O2S. The van der Waals surface area contributed by atoms with Gasteiger partial charge >= 0.3 is 0 Å². The molecular weight excluding hydrogens is 398 g/mol. The number of carbonyl (C=O) groups is 1. The van der Waals surface area contributed by atoms with E-state index in [9.17, 15) is 4.79 Å². The van der Waals surface area contributed by atoms with Crippen LogP contribution in [0.4, 0.5) is 5.95 Å². The number of imidazole rings is 1. The van der Waals surface area contributed by atoms with Crippen LogP contribution in [0, 0.1) is 0 Å². The van der Waals surface area contributed by atoms with E-state index in [0.29, 0.717) is 18.7 Å². The number of benzene rings is 1. The normalized spacial score (nSPS) is 17.3. The molecule has 2 aromatic heterocycles. The van der Waals surface area contributed by atoms with Crippen molar-refractivity contribution >= 4 is 34.2 Å². The Bertz CT molecular complexity index is 985. The highest BCUT2D eigenvalue weighted by Crippen LogP contribution is 2.21. The van der Waals surface area contributed by atoms with Gasteiger partial charge in [0.15, 0.2) is 0 Å². The molecule has 7 nitrogen and oxygen atoms in total. The van der Waals surface area contributed by atoms with E-state index in [2.05, 4.69) is 38.0 Å². The predicted molar refractivity (Wildman–Crippen MR) is 121 cm³/mol. The second-order valence-electron chi connectivity index (χ2n) is 7.74. The first kappa shape index (κ1) is 20.8. The summed E-state index contributed by atoms with van der Waals surface area (Å²) in [6.45, 7) is 4.24. The Morgan fingerprint density at radius 1 is 1.37 bits per heavy atom. The van der Waals surface area contributed by atoms with Crippen molar-refractivity contribution in [1.82, 2.24) is 19.8 Å². The van der Waals surface area contributed by atoms with Gasteiger partial charge in [0.1, 0.15) is 0 Å². The van der Waals surface area contributed by atoms with E-state index in [4.69, 9.17) is 4.74 Å². The Hall–Kier alpha value is -2.42. The number of ether oxygens (including phenoxy) is 1. The maximum atomic E-state index is 12.9. The smallest absolute Gasteiger partial charge is 0.251 e. The number of carbonyl (C=O) groups excluding carboxylic acids is 1. The lowest BCUT2D eigenvalue weighted by molar-refractivity contribution is 0.0901. The Kier molecular flexibility index (Phi) is 6.66. The fourth-order valence-electron chi connectivity index (χ4n) is 3.97. The van der Waals surface area contributed by atoms with Crippen LogP contribution in [0.1, 0.15) is 28.1 Å². The monoisotopic (exact) mass is 427 g/mol. The van der Waals surface area contributed by atoms with Crippen LogP contribution in [-0.2, 0) is 18.3 Å². The second-order valence-corrected chi connectivity index (χ2v) is 8.78. The Balaban J connectivity index is 1.40. The number of likely N-dealkylation sites (tertiary alicyclic amines) is 1. The zero-order chi connectivity index (χ0) is 20.9. The molecule has 1 aliphatic rings. The fourth-order valence-corrected chi connectivity index (χ4v) is 4.72. The first-order chi connectivity index (χ1) is 14.6. The number of anilines is 1. The molecule has 0 spiro atoms. The molecule has 1 aromatic carbocycles. The standard InChI is InChI=1S/C22H29N5O2S/c1-26-20-8-7-16(13-19(20)25-22(26)23-9-11-29-2)21(28)24-17-5-3-10-27(14-17)15-18-6-4-12-30-18/h4,6-8,12-13,17H,3,5,9-11,14-15H2,1-2H3,(H,23,25)(H,24,28)/t17-/m0/s1. The predicted octanol–water partition coefficient (Wildman–Crippen LogP) is 3.09. The van der Waals surface area contributed by atoms with Gasteiger partial charge in [-0.25, -0.2) is 4.98 Å². The maximum absolute atomic E-state index is 12.9. The third kappa shape index (κ3) is 4.83. The van der Waals surface area contributed by atoms with Crippen LogP contribution in [0.15, 0.2) is 35.7 Å². The quantitative estimate of drug-likeness (QED) is 0.541. The molecule has 0 saturated carbocycles. The van der Waals surface area contributed by atoms with Crippen molar-refractivity contribution in [3.05, 3.63) is 46.2 Å². The van der Waals surface area contributed by atoms with Crippen LogP contribution >= 0.6 is 11.3 Å². The molecule has 0 unspecified atom stereocenters. The highest BCUT2D eigenvalue weighted by Gasteiger charge is 2.22. The summed E-state index contributed by atoms with van der Waals surface area (Å²) in [7, 11) is 3.64. The van der Waals surface area contributed by atoms with E-state index in [1.165, 1.54) is 4.88 Å². The van der Waals surface area contributed by atoms with Crippen LogP contribution in [0.5, 0.6) is 0 Å². The number of aryl methyl sites for hydroxylation is 1. The first-order valence-electron chi connectivity index (χ1n) is 10.4. The summed E-state index contributed by atoms with van der Waals surface area (Å²) >= 11 is 1.79. The number of piperidine rings is 1. The summed E-state index contributed by atoms with van der Waals surface area (Å²) in [4.78, 5) is 21.3. The van der Waals surface area contributed by atoms with Gasteiger partial charge in [0.2, 0.25) is 5.95 Å². The van der Waals surface area contributed by atoms with Crippen molar-refractivity contribution < 1.29 is 9.53 Å². The molecule has 0 radical (unpaired) electrons. The molecule has 30 heavy (non-hydrogen) atoms. The van der Waals surface area contributed by atoms with Crippen molar-refractivity contribution in [3.63, 3.8) is 0 Å². The molecule has 1 saturated heterocycles. The molecule has 1 fully saturated rings. The maximum Gasteiger partial charge on any atom is 0.251 e. The van der Waals surface area contributed by atoms with Crippen molar-refractivity contribution in [2.24, 2.45) is 7.05 Å². The zero-order valence-electron chi connectivity index (χ0n) is 17.6. The van der Waals surface area contributed by atoms with Crippen molar-refractivity contribution in [1.29, 1.82) is 0 Å². The van der Waals surface area contributed by atoms with Gasteiger partial charge in [-0.15, -0.1) is 11.3 Å². The highest BCUT2D eigenvalue weighted by molar-refractivity contribution is 7.09. The van der Waals surface area contributed by atoms with E-state index in [0.717, 1.165) is 49.5 Å². The number of hydrogen-bond acceptors (Lipinski definition) is 6. The number of aromatic nitrogens is 2. The minimum atomic E-state index is -0.0283. The number of rotatable bonds is 8. The number of thiophene rings is 1. The summed E-state index contributed by atoms with van der Waals surface area (Å²) in [5.41, 5.74) is 2.46. The molecule has 2 N–H and O–H groups in total.